The van der Waals surface area contributed by atoms with E-state index in [-0.39, 0.29) is 0 Å². The summed E-state index contributed by atoms with van der Waals surface area (Å²) in [7, 11) is 2.19. The summed E-state index contributed by atoms with van der Waals surface area (Å²) in [6, 6.07) is 47.1. The van der Waals surface area contributed by atoms with E-state index < -0.39 is 0 Å². The van der Waals surface area contributed by atoms with Crippen molar-refractivity contribution < 1.29 is 0 Å². The van der Waals surface area contributed by atoms with Crippen molar-refractivity contribution in [2.45, 2.75) is 6.92 Å². The highest BCUT2D eigenvalue weighted by Gasteiger charge is 2.20. The second-order valence-corrected chi connectivity index (χ2v) is 10.7. The average Bonchev–Trinajstić information content (AvgIpc) is 3.32. The van der Waals surface area contributed by atoms with Gasteiger partial charge in [-0.25, -0.2) is 0 Å². The molecule has 0 saturated heterocycles. The molecule has 1 heteroatoms. The first-order valence-corrected chi connectivity index (χ1v) is 13.6. The number of hydrogen-bond donors (Lipinski definition) is 0. The van der Waals surface area contributed by atoms with Crippen LogP contribution in [0, 0.1) is 6.92 Å². The van der Waals surface area contributed by atoms with Crippen LogP contribution in [0.25, 0.3) is 76.7 Å². The molecule has 7 aromatic carbocycles. The number of fused-ring (bicyclic) bond motifs is 1. The van der Waals surface area contributed by atoms with Gasteiger partial charge in [0.1, 0.15) is 0 Å². The fraction of sp³-hybridized carbons (Fsp3) is 0.0526. The smallest absolute Gasteiger partial charge is 0.0495 e. The van der Waals surface area contributed by atoms with Crippen LogP contribution in [0.2, 0.25) is 0 Å². The van der Waals surface area contributed by atoms with E-state index in [1.54, 1.807) is 0 Å². The number of para-hydroxylation sites is 1. The lowest BCUT2D eigenvalue weighted by Crippen LogP contribution is -1.95. The molecular formula is C38H27N. The Morgan fingerprint density at radius 3 is 1.90 bits per heavy atom. The van der Waals surface area contributed by atoms with Crippen molar-refractivity contribution in [2.75, 3.05) is 0 Å². The molecule has 0 spiro atoms. The third-order valence-corrected chi connectivity index (χ3v) is 8.46. The Balaban J connectivity index is 1.54. The van der Waals surface area contributed by atoms with Crippen LogP contribution in [0.3, 0.4) is 0 Å². The first kappa shape index (κ1) is 22.1. The van der Waals surface area contributed by atoms with Gasteiger partial charge in [0, 0.05) is 29.2 Å². The summed E-state index contributed by atoms with van der Waals surface area (Å²) in [4.78, 5) is 0. The zero-order valence-electron chi connectivity index (χ0n) is 22.1. The number of hydrogen-bond acceptors (Lipinski definition) is 0. The van der Waals surface area contributed by atoms with Crippen LogP contribution in [0.4, 0.5) is 0 Å². The molecule has 0 amide bonds. The van der Waals surface area contributed by atoms with Crippen LogP contribution >= 0.6 is 0 Å². The molecule has 0 bridgehead atoms. The number of aromatic nitrogens is 1. The number of benzene rings is 7. The molecule has 0 saturated carbocycles. The summed E-state index contributed by atoms with van der Waals surface area (Å²) in [5, 5.41) is 9.16. The molecule has 0 aliphatic carbocycles. The molecule has 39 heavy (non-hydrogen) atoms. The van der Waals surface area contributed by atoms with E-state index in [0.29, 0.717) is 0 Å². The van der Waals surface area contributed by atoms with Crippen molar-refractivity contribution in [3.63, 3.8) is 0 Å². The lowest BCUT2D eigenvalue weighted by molar-refractivity contribution is 0.980. The van der Waals surface area contributed by atoms with Gasteiger partial charge in [-0.1, -0.05) is 115 Å². The molecule has 0 radical (unpaired) electrons. The molecule has 0 aliphatic rings. The fourth-order valence-corrected chi connectivity index (χ4v) is 6.50. The molecule has 0 atom stereocenters. The van der Waals surface area contributed by atoms with Gasteiger partial charge in [-0.05, 0) is 79.7 Å². The van der Waals surface area contributed by atoms with Crippen LogP contribution in [0.15, 0.2) is 127 Å². The number of aryl methyl sites for hydroxylation is 2. The molecule has 8 rings (SSSR count). The average molecular weight is 498 g/mol. The predicted octanol–water partition coefficient (Wildman–Crippen LogP) is 10.4. The number of rotatable bonds is 3. The lowest BCUT2D eigenvalue weighted by atomic mass is 9.85. The number of nitrogens with zero attached hydrogens (tertiary/aromatic N) is 1. The molecular weight excluding hydrogens is 470 g/mol. The van der Waals surface area contributed by atoms with Crippen molar-refractivity contribution in [3.05, 3.63) is 133 Å². The summed E-state index contributed by atoms with van der Waals surface area (Å²) < 4.78 is 2.34. The van der Waals surface area contributed by atoms with E-state index in [9.17, 15) is 0 Å². The highest BCUT2D eigenvalue weighted by Crippen LogP contribution is 2.46. The van der Waals surface area contributed by atoms with Crippen molar-refractivity contribution in [1.82, 2.24) is 4.57 Å². The fourth-order valence-electron chi connectivity index (χ4n) is 6.50. The summed E-state index contributed by atoms with van der Waals surface area (Å²) >= 11 is 0. The summed E-state index contributed by atoms with van der Waals surface area (Å²) in [5.41, 5.74) is 10.1. The molecule has 0 aliphatic heterocycles. The largest absolute Gasteiger partial charge is 0.344 e. The van der Waals surface area contributed by atoms with E-state index in [2.05, 4.69) is 146 Å². The van der Waals surface area contributed by atoms with Crippen LogP contribution in [-0.4, -0.2) is 4.57 Å². The summed E-state index contributed by atoms with van der Waals surface area (Å²) in [6.07, 6.45) is 0. The van der Waals surface area contributed by atoms with Gasteiger partial charge in [-0.15, -0.1) is 0 Å². The Morgan fingerprint density at radius 1 is 0.462 bits per heavy atom. The van der Waals surface area contributed by atoms with Gasteiger partial charge < -0.3 is 4.57 Å². The van der Waals surface area contributed by atoms with Crippen molar-refractivity contribution in [1.29, 1.82) is 0 Å². The van der Waals surface area contributed by atoms with E-state index in [4.69, 9.17) is 0 Å². The topological polar surface area (TPSA) is 4.93 Å². The van der Waals surface area contributed by atoms with E-state index in [1.165, 1.54) is 82.3 Å². The Morgan fingerprint density at radius 2 is 1.10 bits per heavy atom. The molecule has 1 nitrogen and oxygen atoms in total. The van der Waals surface area contributed by atoms with E-state index >= 15 is 0 Å². The highest BCUT2D eigenvalue weighted by molar-refractivity contribution is 6.30. The third-order valence-electron chi connectivity index (χ3n) is 8.46. The Kier molecular flexibility index (Phi) is 4.72. The van der Waals surface area contributed by atoms with Crippen LogP contribution in [0.1, 0.15) is 5.56 Å². The Hall–Kier alpha value is -4.88. The normalized spacial score (nSPS) is 11.8. The van der Waals surface area contributed by atoms with E-state index in [0.717, 1.165) is 0 Å². The maximum Gasteiger partial charge on any atom is 0.0495 e. The van der Waals surface area contributed by atoms with Crippen molar-refractivity contribution >= 4 is 43.2 Å². The van der Waals surface area contributed by atoms with Gasteiger partial charge in [0.15, 0.2) is 0 Å². The van der Waals surface area contributed by atoms with Crippen molar-refractivity contribution in [2.24, 2.45) is 7.05 Å². The molecule has 8 aromatic rings. The molecule has 0 unspecified atom stereocenters. The second-order valence-electron chi connectivity index (χ2n) is 10.7. The minimum atomic E-state index is 1.24. The first-order valence-electron chi connectivity index (χ1n) is 13.6. The van der Waals surface area contributed by atoms with Gasteiger partial charge in [-0.2, -0.15) is 0 Å². The maximum absolute atomic E-state index is 2.41. The zero-order valence-corrected chi connectivity index (χ0v) is 22.1. The standard InChI is InChI=1S/C38H27N/c1-24-12-14-26(15-13-24)29-18-16-27-17-19-31-33(25-8-4-3-5-9-25)23-34(32-21-20-30(29)37(27)38(31)32)36-22-28-10-6-7-11-35(28)39(36)2/h3-23H,1-2H3. The third kappa shape index (κ3) is 3.26. The predicted molar refractivity (Wildman–Crippen MR) is 168 cm³/mol. The minimum Gasteiger partial charge on any atom is -0.344 e. The van der Waals surface area contributed by atoms with Crippen LogP contribution in [-0.2, 0) is 7.05 Å². The van der Waals surface area contributed by atoms with Crippen LogP contribution in [0.5, 0.6) is 0 Å². The maximum atomic E-state index is 2.41. The first-order chi connectivity index (χ1) is 19.2. The van der Waals surface area contributed by atoms with Gasteiger partial charge in [0.2, 0.25) is 0 Å². The van der Waals surface area contributed by atoms with E-state index in [1.807, 2.05) is 0 Å². The highest BCUT2D eigenvalue weighted by atomic mass is 14.9. The van der Waals surface area contributed by atoms with Gasteiger partial charge >= 0.3 is 0 Å². The molecule has 0 N–H and O–H groups in total. The Labute approximate surface area is 227 Å². The SMILES string of the molecule is Cc1ccc(-c2ccc3ccc4c(-c5ccccc5)cc(-c5cc6ccccc6n5C)c5ccc2c3c45)cc1. The molecule has 1 aromatic heterocycles. The van der Waals surface area contributed by atoms with Crippen molar-refractivity contribution in [3.8, 4) is 33.5 Å². The summed E-state index contributed by atoms with van der Waals surface area (Å²) in [6.45, 7) is 2.15. The molecule has 1 heterocycles. The minimum absolute atomic E-state index is 1.24. The zero-order chi connectivity index (χ0) is 26.1. The van der Waals surface area contributed by atoms with Gasteiger partial charge in [0.05, 0.1) is 0 Å². The quantitative estimate of drug-likeness (QED) is 0.214. The second kappa shape index (κ2) is 8.31. The monoisotopic (exact) mass is 497 g/mol. The van der Waals surface area contributed by atoms with Gasteiger partial charge in [0.25, 0.3) is 0 Å². The lowest BCUT2D eigenvalue weighted by Gasteiger charge is -2.19. The molecule has 0 fully saturated rings. The molecule has 184 valence electrons. The Bertz CT molecular complexity index is 2160. The van der Waals surface area contributed by atoms with Gasteiger partial charge in [-0.3, -0.25) is 0 Å². The summed E-state index contributed by atoms with van der Waals surface area (Å²) in [5.74, 6) is 0. The van der Waals surface area contributed by atoms with Crippen LogP contribution < -0.4 is 0 Å².